The van der Waals surface area contributed by atoms with E-state index in [4.69, 9.17) is 0 Å². The van der Waals surface area contributed by atoms with Crippen LogP contribution in [0.4, 0.5) is 10.1 Å². The van der Waals surface area contributed by atoms with Gasteiger partial charge < -0.3 is 4.57 Å². The Bertz CT molecular complexity index is 1010. The molecule has 0 aliphatic carbocycles. The van der Waals surface area contributed by atoms with Crippen molar-refractivity contribution in [2.75, 3.05) is 4.72 Å². The van der Waals surface area contributed by atoms with Crippen LogP contribution >= 0.6 is 0 Å². The molecular formula is C17H18FN3O2S. The molecule has 2 aromatic carbocycles. The molecule has 1 N–H and O–H groups in total. The van der Waals surface area contributed by atoms with E-state index in [1.54, 1.807) is 25.4 Å². The maximum atomic E-state index is 13.2. The van der Waals surface area contributed by atoms with Crippen molar-refractivity contribution in [1.82, 2.24) is 9.55 Å². The molecule has 0 amide bonds. The number of halogens is 1. The molecule has 126 valence electrons. The van der Waals surface area contributed by atoms with Gasteiger partial charge in [-0.05, 0) is 62.7 Å². The van der Waals surface area contributed by atoms with E-state index in [0.717, 1.165) is 11.6 Å². The van der Waals surface area contributed by atoms with Crippen LogP contribution in [0.5, 0.6) is 0 Å². The van der Waals surface area contributed by atoms with E-state index in [2.05, 4.69) is 23.6 Å². The number of anilines is 1. The molecule has 5 nitrogen and oxygen atoms in total. The zero-order valence-corrected chi connectivity index (χ0v) is 14.4. The lowest BCUT2D eigenvalue weighted by atomic mass is 10.2. The molecule has 0 fully saturated rings. The van der Waals surface area contributed by atoms with Gasteiger partial charge in [0.2, 0.25) is 0 Å². The van der Waals surface area contributed by atoms with Gasteiger partial charge in [0.1, 0.15) is 5.82 Å². The van der Waals surface area contributed by atoms with Crippen molar-refractivity contribution in [3.63, 3.8) is 0 Å². The molecule has 0 radical (unpaired) electrons. The predicted molar refractivity (Wildman–Crippen MR) is 92.1 cm³/mol. The molecule has 0 saturated carbocycles. The topological polar surface area (TPSA) is 64.0 Å². The van der Waals surface area contributed by atoms with Gasteiger partial charge in [0.15, 0.2) is 0 Å². The fourth-order valence-corrected chi connectivity index (χ4v) is 3.91. The number of rotatable bonds is 4. The summed E-state index contributed by atoms with van der Waals surface area (Å²) >= 11 is 0. The van der Waals surface area contributed by atoms with Crippen molar-refractivity contribution >= 4 is 26.7 Å². The molecular weight excluding hydrogens is 329 g/mol. The first kappa shape index (κ1) is 16.4. The molecule has 1 heterocycles. The second kappa shape index (κ2) is 5.90. The summed E-state index contributed by atoms with van der Waals surface area (Å²) in [4.78, 5) is 4.36. The molecule has 0 aliphatic heterocycles. The van der Waals surface area contributed by atoms with Crippen molar-refractivity contribution in [3.8, 4) is 0 Å². The molecule has 0 atom stereocenters. The first-order valence-corrected chi connectivity index (χ1v) is 9.02. The molecule has 3 rings (SSSR count). The van der Waals surface area contributed by atoms with Gasteiger partial charge in [-0.2, -0.15) is 0 Å². The third-order valence-corrected chi connectivity index (χ3v) is 5.35. The fraction of sp³-hybridized carbons (Fsp3) is 0.235. The van der Waals surface area contributed by atoms with Gasteiger partial charge in [-0.25, -0.2) is 17.8 Å². The molecule has 0 saturated heterocycles. The summed E-state index contributed by atoms with van der Waals surface area (Å²) in [6.45, 7) is 5.66. The van der Waals surface area contributed by atoms with Crippen LogP contribution in [0.3, 0.4) is 0 Å². The van der Waals surface area contributed by atoms with Crippen LogP contribution in [0, 0.1) is 12.7 Å². The van der Waals surface area contributed by atoms with Crippen LogP contribution in [0.25, 0.3) is 11.0 Å². The van der Waals surface area contributed by atoms with Crippen LogP contribution in [-0.4, -0.2) is 18.0 Å². The average molecular weight is 347 g/mol. The lowest BCUT2D eigenvalue weighted by Crippen LogP contribution is -2.14. The highest BCUT2D eigenvalue weighted by molar-refractivity contribution is 7.92. The van der Waals surface area contributed by atoms with Crippen LogP contribution in [-0.2, 0) is 10.0 Å². The summed E-state index contributed by atoms with van der Waals surface area (Å²) in [7, 11) is -3.79. The van der Waals surface area contributed by atoms with Gasteiger partial charge in [-0.15, -0.1) is 0 Å². The fourth-order valence-electron chi connectivity index (χ4n) is 2.63. The molecule has 1 aromatic heterocycles. The van der Waals surface area contributed by atoms with Gasteiger partial charge in [0.25, 0.3) is 10.0 Å². The predicted octanol–water partition coefficient (Wildman–Crippen LogP) is 3.87. The highest BCUT2D eigenvalue weighted by atomic mass is 32.2. The number of nitrogens with zero attached hydrogens (tertiary/aromatic N) is 2. The summed E-state index contributed by atoms with van der Waals surface area (Å²) in [5.41, 5.74) is 2.42. The minimum absolute atomic E-state index is 0.0525. The molecule has 0 bridgehead atoms. The lowest BCUT2D eigenvalue weighted by Gasteiger charge is -2.11. The Morgan fingerprint density at radius 2 is 1.92 bits per heavy atom. The molecule has 3 aromatic rings. The number of hydrogen-bond acceptors (Lipinski definition) is 3. The van der Waals surface area contributed by atoms with E-state index >= 15 is 0 Å². The van der Waals surface area contributed by atoms with Crippen molar-refractivity contribution in [2.24, 2.45) is 0 Å². The highest BCUT2D eigenvalue weighted by Gasteiger charge is 2.18. The normalized spacial score (nSPS) is 12.0. The molecule has 0 spiro atoms. The van der Waals surface area contributed by atoms with E-state index in [-0.39, 0.29) is 10.9 Å². The second-order valence-corrected chi connectivity index (χ2v) is 7.62. The first-order valence-electron chi connectivity index (χ1n) is 7.53. The maximum absolute atomic E-state index is 13.2. The number of nitrogens with one attached hydrogen (secondary N) is 1. The maximum Gasteiger partial charge on any atom is 0.262 e. The smallest absolute Gasteiger partial charge is 0.262 e. The van der Waals surface area contributed by atoms with Gasteiger partial charge in [0, 0.05) is 6.04 Å². The summed E-state index contributed by atoms with van der Waals surface area (Å²) in [5.74, 6) is -0.466. The number of fused-ring (bicyclic) bond motifs is 1. The van der Waals surface area contributed by atoms with Crippen molar-refractivity contribution < 1.29 is 12.8 Å². The lowest BCUT2D eigenvalue weighted by molar-refractivity contribution is 0.598. The van der Waals surface area contributed by atoms with Crippen LogP contribution in [0.15, 0.2) is 47.6 Å². The van der Waals surface area contributed by atoms with E-state index < -0.39 is 15.8 Å². The van der Waals surface area contributed by atoms with E-state index in [1.807, 2.05) is 10.6 Å². The molecule has 0 aliphatic rings. The van der Waals surface area contributed by atoms with Gasteiger partial charge >= 0.3 is 0 Å². The number of hydrogen-bond donors (Lipinski definition) is 1. The Balaban J connectivity index is 1.96. The zero-order valence-electron chi connectivity index (χ0n) is 13.6. The number of aromatic nitrogens is 2. The van der Waals surface area contributed by atoms with Crippen LogP contribution in [0.2, 0.25) is 0 Å². The Kier molecular flexibility index (Phi) is 4.04. The number of sulfonamides is 1. The number of benzene rings is 2. The van der Waals surface area contributed by atoms with Crippen molar-refractivity contribution in [2.45, 2.75) is 31.7 Å². The molecule has 0 unspecified atom stereocenters. The summed E-state index contributed by atoms with van der Waals surface area (Å²) in [6.07, 6.45) is 1.73. The van der Waals surface area contributed by atoms with Gasteiger partial charge in [-0.1, -0.05) is 0 Å². The van der Waals surface area contributed by atoms with E-state index in [9.17, 15) is 12.8 Å². The van der Waals surface area contributed by atoms with Crippen LogP contribution in [0.1, 0.15) is 25.5 Å². The SMILES string of the molecule is Cc1cc(F)ccc1S(=O)(=O)Nc1ccc2c(c1)ncn2C(C)C. The largest absolute Gasteiger partial charge is 0.328 e. The minimum atomic E-state index is -3.79. The van der Waals surface area contributed by atoms with Crippen LogP contribution < -0.4 is 4.72 Å². The third kappa shape index (κ3) is 2.99. The standard InChI is InChI=1S/C17H18FN3O2S/c1-11(2)21-10-19-15-9-14(5-6-16(15)21)20-24(22,23)17-7-4-13(18)8-12(17)3/h4-11,20H,1-3H3. The Morgan fingerprint density at radius 1 is 1.17 bits per heavy atom. The number of aryl methyl sites for hydroxylation is 1. The second-order valence-electron chi connectivity index (χ2n) is 5.96. The Hall–Kier alpha value is -2.41. The Morgan fingerprint density at radius 3 is 2.58 bits per heavy atom. The van der Waals surface area contributed by atoms with Crippen molar-refractivity contribution in [3.05, 3.63) is 54.1 Å². The third-order valence-electron chi connectivity index (χ3n) is 3.81. The average Bonchev–Trinajstić information content (AvgIpc) is 2.89. The molecule has 7 heteroatoms. The first-order chi connectivity index (χ1) is 11.3. The van der Waals surface area contributed by atoms with E-state index in [0.29, 0.717) is 16.8 Å². The monoisotopic (exact) mass is 347 g/mol. The Labute approximate surface area is 140 Å². The highest BCUT2D eigenvalue weighted by Crippen LogP contribution is 2.24. The summed E-state index contributed by atoms with van der Waals surface area (Å²) in [5, 5.41) is 0. The zero-order chi connectivity index (χ0) is 17.5. The summed E-state index contributed by atoms with van der Waals surface area (Å²) < 4.78 is 42.8. The van der Waals surface area contributed by atoms with Gasteiger partial charge in [0.05, 0.1) is 27.9 Å². The van der Waals surface area contributed by atoms with Gasteiger partial charge in [-0.3, -0.25) is 4.72 Å². The van der Waals surface area contributed by atoms with E-state index in [1.165, 1.54) is 12.1 Å². The molecule has 24 heavy (non-hydrogen) atoms. The minimum Gasteiger partial charge on any atom is -0.328 e. The summed E-state index contributed by atoms with van der Waals surface area (Å²) in [6, 6.07) is 9.07. The van der Waals surface area contributed by atoms with Crippen molar-refractivity contribution in [1.29, 1.82) is 0 Å². The number of imidazole rings is 1. The quantitative estimate of drug-likeness (QED) is 0.779.